The van der Waals surface area contributed by atoms with Crippen LogP contribution in [0.1, 0.15) is 19.4 Å². The number of benzene rings is 1. The van der Waals surface area contributed by atoms with Crippen molar-refractivity contribution in [2.45, 2.75) is 20.3 Å². The van der Waals surface area contributed by atoms with Gasteiger partial charge in [-0.05, 0) is 37.1 Å². The van der Waals surface area contributed by atoms with Crippen LogP contribution in [0.4, 0.5) is 5.82 Å². The van der Waals surface area contributed by atoms with E-state index in [1.165, 1.54) is 0 Å². The van der Waals surface area contributed by atoms with Gasteiger partial charge in [-0.15, -0.1) is 0 Å². The van der Waals surface area contributed by atoms with E-state index in [0.29, 0.717) is 23.1 Å². The Hall–Kier alpha value is -2.97. The molecule has 4 rings (SSSR count). The number of nitrogens with zero attached hydrogens (tertiary/aromatic N) is 4. The maximum absolute atomic E-state index is 12.9. The summed E-state index contributed by atoms with van der Waals surface area (Å²) in [6, 6.07) is 7.39. The van der Waals surface area contributed by atoms with Gasteiger partial charge in [0.25, 0.3) is 0 Å². The Kier molecular flexibility index (Phi) is 7.02. The number of rotatable bonds is 8. The van der Waals surface area contributed by atoms with Crippen LogP contribution >= 0.6 is 0 Å². The van der Waals surface area contributed by atoms with Gasteiger partial charge in [-0.2, -0.15) is 0 Å². The zero-order valence-corrected chi connectivity index (χ0v) is 19.0. The molecule has 0 amide bonds. The van der Waals surface area contributed by atoms with Crippen molar-refractivity contribution in [3.8, 4) is 17.2 Å². The lowest BCUT2D eigenvalue weighted by molar-refractivity contribution is 0.111. The summed E-state index contributed by atoms with van der Waals surface area (Å²) in [7, 11) is 1.61. The molecule has 0 bridgehead atoms. The van der Waals surface area contributed by atoms with Crippen LogP contribution in [0.5, 0.6) is 5.75 Å². The quantitative estimate of drug-likeness (QED) is 0.497. The summed E-state index contributed by atoms with van der Waals surface area (Å²) in [5.41, 5.74) is 1.76. The largest absolute Gasteiger partial charge is 0.497 e. The molecular formula is C24H30N4O4. The molecule has 8 heteroatoms. The number of ether oxygens (including phenoxy) is 2. The lowest BCUT2D eigenvalue weighted by Crippen LogP contribution is -2.47. The lowest BCUT2D eigenvalue weighted by atomic mass is 10.1. The molecule has 0 spiro atoms. The highest BCUT2D eigenvalue weighted by Gasteiger charge is 2.23. The third-order valence-electron chi connectivity index (χ3n) is 5.85. The Morgan fingerprint density at radius 1 is 1.16 bits per heavy atom. The standard InChI is InChI=1S/C24H30N4O4/c1-4-17-15-18(30-3)16-20-21(17)24(29)32-23(26-20)19-7-6-8-25-22(19)28-11-9-27(10-12-28)13-14-31-5-2/h6-8,15-16H,4-5,9-14H2,1-3H3. The molecule has 0 saturated carbocycles. The molecule has 32 heavy (non-hydrogen) atoms. The fourth-order valence-corrected chi connectivity index (χ4v) is 4.10. The molecule has 0 radical (unpaired) electrons. The highest BCUT2D eigenvalue weighted by Crippen LogP contribution is 2.30. The predicted octanol–water partition coefficient (Wildman–Crippen LogP) is 2.98. The van der Waals surface area contributed by atoms with E-state index in [-0.39, 0.29) is 11.5 Å². The van der Waals surface area contributed by atoms with Crippen LogP contribution in [0.15, 0.2) is 39.7 Å². The minimum Gasteiger partial charge on any atom is -0.497 e. The Morgan fingerprint density at radius 3 is 2.69 bits per heavy atom. The first-order valence-corrected chi connectivity index (χ1v) is 11.2. The first-order valence-electron chi connectivity index (χ1n) is 11.2. The van der Waals surface area contributed by atoms with Gasteiger partial charge < -0.3 is 18.8 Å². The van der Waals surface area contributed by atoms with Crippen molar-refractivity contribution in [1.82, 2.24) is 14.9 Å². The molecule has 0 atom stereocenters. The van der Waals surface area contributed by atoms with Crippen LogP contribution in [-0.4, -0.2) is 67.9 Å². The van der Waals surface area contributed by atoms with Crippen molar-refractivity contribution >= 4 is 16.7 Å². The molecule has 3 heterocycles. The zero-order valence-electron chi connectivity index (χ0n) is 19.0. The van der Waals surface area contributed by atoms with Gasteiger partial charge in [-0.25, -0.2) is 14.8 Å². The molecule has 170 valence electrons. The second kappa shape index (κ2) is 10.1. The Morgan fingerprint density at radius 2 is 1.97 bits per heavy atom. The molecule has 3 aromatic rings. The van der Waals surface area contributed by atoms with Crippen molar-refractivity contribution < 1.29 is 13.9 Å². The maximum Gasteiger partial charge on any atom is 0.347 e. The summed E-state index contributed by atoms with van der Waals surface area (Å²) < 4.78 is 16.6. The van der Waals surface area contributed by atoms with E-state index in [1.54, 1.807) is 19.4 Å². The summed E-state index contributed by atoms with van der Waals surface area (Å²) in [5, 5.41) is 0.505. The number of pyridine rings is 1. The molecule has 1 aromatic carbocycles. The van der Waals surface area contributed by atoms with Crippen molar-refractivity contribution in [3.05, 3.63) is 46.4 Å². The molecule has 1 aliphatic heterocycles. The molecule has 1 saturated heterocycles. The number of fused-ring (bicyclic) bond motifs is 1. The van der Waals surface area contributed by atoms with Crippen molar-refractivity contribution in [3.63, 3.8) is 0 Å². The van der Waals surface area contributed by atoms with Gasteiger partial charge in [-0.3, -0.25) is 4.90 Å². The fourth-order valence-electron chi connectivity index (χ4n) is 4.10. The van der Waals surface area contributed by atoms with E-state index in [0.717, 1.165) is 62.9 Å². The van der Waals surface area contributed by atoms with Gasteiger partial charge in [-0.1, -0.05) is 6.92 Å². The second-order valence-corrected chi connectivity index (χ2v) is 7.74. The van der Waals surface area contributed by atoms with Crippen LogP contribution in [0.2, 0.25) is 0 Å². The van der Waals surface area contributed by atoms with E-state index >= 15 is 0 Å². The summed E-state index contributed by atoms with van der Waals surface area (Å²) >= 11 is 0. The van der Waals surface area contributed by atoms with Gasteiger partial charge in [0.1, 0.15) is 11.6 Å². The third-order valence-corrected chi connectivity index (χ3v) is 5.85. The van der Waals surface area contributed by atoms with Gasteiger partial charge in [0.05, 0.1) is 30.2 Å². The summed E-state index contributed by atoms with van der Waals surface area (Å²) in [5.74, 6) is 1.73. The lowest BCUT2D eigenvalue weighted by Gasteiger charge is -2.35. The minimum absolute atomic E-state index is 0.277. The summed E-state index contributed by atoms with van der Waals surface area (Å²) in [6.07, 6.45) is 2.45. The number of methoxy groups -OCH3 is 1. The summed E-state index contributed by atoms with van der Waals surface area (Å²) in [6.45, 7) is 9.95. The van der Waals surface area contributed by atoms with Gasteiger partial charge >= 0.3 is 5.63 Å². The topological polar surface area (TPSA) is 80.9 Å². The van der Waals surface area contributed by atoms with Crippen LogP contribution in [-0.2, 0) is 11.2 Å². The van der Waals surface area contributed by atoms with Crippen LogP contribution in [0.3, 0.4) is 0 Å². The number of aromatic nitrogens is 2. The van der Waals surface area contributed by atoms with Crippen LogP contribution in [0.25, 0.3) is 22.4 Å². The smallest absolute Gasteiger partial charge is 0.347 e. The van der Waals surface area contributed by atoms with E-state index in [2.05, 4.69) is 14.8 Å². The number of hydrogen-bond donors (Lipinski definition) is 0. The highest BCUT2D eigenvalue weighted by molar-refractivity contribution is 5.84. The van der Waals surface area contributed by atoms with Crippen molar-refractivity contribution in [1.29, 1.82) is 0 Å². The van der Waals surface area contributed by atoms with Crippen LogP contribution < -0.4 is 15.3 Å². The zero-order chi connectivity index (χ0) is 22.5. The van der Waals surface area contributed by atoms with E-state index in [1.807, 2.05) is 32.0 Å². The van der Waals surface area contributed by atoms with E-state index < -0.39 is 0 Å². The molecule has 0 aliphatic carbocycles. The number of anilines is 1. The third kappa shape index (κ3) is 4.61. The van der Waals surface area contributed by atoms with E-state index in [9.17, 15) is 4.79 Å². The minimum atomic E-state index is -0.389. The monoisotopic (exact) mass is 438 g/mol. The molecule has 0 N–H and O–H groups in total. The van der Waals surface area contributed by atoms with Gasteiger partial charge in [0.15, 0.2) is 0 Å². The highest BCUT2D eigenvalue weighted by atomic mass is 16.5. The summed E-state index contributed by atoms with van der Waals surface area (Å²) in [4.78, 5) is 26.8. The first kappa shape index (κ1) is 22.2. The molecule has 8 nitrogen and oxygen atoms in total. The average Bonchev–Trinajstić information content (AvgIpc) is 2.83. The number of aryl methyl sites for hydroxylation is 1. The molecule has 0 unspecified atom stereocenters. The fraction of sp³-hybridized carbons (Fsp3) is 0.458. The second-order valence-electron chi connectivity index (χ2n) is 7.74. The normalized spacial score (nSPS) is 14.8. The number of hydrogen-bond acceptors (Lipinski definition) is 8. The SMILES string of the molecule is CCOCCN1CCN(c2ncccc2-c2nc3cc(OC)cc(CC)c3c(=O)o2)CC1. The molecule has 2 aromatic heterocycles. The van der Waals surface area contributed by atoms with Crippen molar-refractivity contribution in [2.75, 3.05) is 57.9 Å². The average molecular weight is 439 g/mol. The molecular weight excluding hydrogens is 408 g/mol. The van der Waals surface area contributed by atoms with Gasteiger partial charge in [0, 0.05) is 51.6 Å². The van der Waals surface area contributed by atoms with E-state index in [4.69, 9.17) is 18.9 Å². The Balaban J connectivity index is 1.65. The maximum atomic E-state index is 12.9. The predicted molar refractivity (Wildman–Crippen MR) is 125 cm³/mol. The van der Waals surface area contributed by atoms with Gasteiger partial charge in [0.2, 0.25) is 5.89 Å². The number of piperazine rings is 1. The van der Waals surface area contributed by atoms with Crippen LogP contribution in [0, 0.1) is 0 Å². The molecule has 1 fully saturated rings. The first-order chi connectivity index (χ1) is 15.6. The Labute approximate surface area is 187 Å². The Bertz CT molecular complexity index is 1120. The van der Waals surface area contributed by atoms with Crippen molar-refractivity contribution in [2.24, 2.45) is 0 Å². The molecule has 1 aliphatic rings.